The van der Waals surface area contributed by atoms with E-state index in [4.69, 9.17) is 4.74 Å². The molecule has 2 N–H and O–H groups in total. The number of rotatable bonds is 7. The second-order valence-electron chi connectivity index (χ2n) is 4.95. The van der Waals surface area contributed by atoms with Gasteiger partial charge in [-0.05, 0) is 37.6 Å². The quantitative estimate of drug-likeness (QED) is 0.796. The third-order valence-electron chi connectivity index (χ3n) is 3.11. The molecule has 0 aromatic heterocycles. The first kappa shape index (κ1) is 15.7. The van der Waals surface area contributed by atoms with Gasteiger partial charge in [-0.1, -0.05) is 19.1 Å². The number of amides is 1. The van der Waals surface area contributed by atoms with E-state index in [1.807, 2.05) is 38.2 Å². The van der Waals surface area contributed by atoms with Crippen LogP contribution in [0.4, 0.5) is 5.69 Å². The fraction of sp³-hybridized carbons (Fsp3) is 0.533. The summed E-state index contributed by atoms with van der Waals surface area (Å²) < 4.78 is 5.02. The average Bonchev–Trinajstić information content (AvgIpc) is 2.38. The van der Waals surface area contributed by atoms with Crippen LogP contribution in [0.15, 0.2) is 24.3 Å². The minimum absolute atomic E-state index is 0.0268. The number of ether oxygens (including phenoxy) is 1. The monoisotopic (exact) mass is 264 g/mol. The minimum Gasteiger partial charge on any atom is -0.384 e. The molecule has 0 saturated heterocycles. The zero-order chi connectivity index (χ0) is 14.3. The molecule has 106 valence electrons. The van der Waals surface area contributed by atoms with Crippen LogP contribution in [0.25, 0.3) is 0 Å². The van der Waals surface area contributed by atoms with E-state index in [1.54, 1.807) is 7.11 Å². The van der Waals surface area contributed by atoms with Crippen molar-refractivity contribution >= 4 is 11.6 Å². The van der Waals surface area contributed by atoms with E-state index < -0.39 is 0 Å². The number of carbonyl (C=O) groups excluding carboxylic acids is 1. The molecule has 4 heteroatoms. The van der Waals surface area contributed by atoms with Gasteiger partial charge in [-0.25, -0.2) is 0 Å². The summed E-state index contributed by atoms with van der Waals surface area (Å²) in [5, 5.41) is 6.08. The molecule has 0 heterocycles. The molecule has 0 spiro atoms. The van der Waals surface area contributed by atoms with E-state index in [-0.39, 0.29) is 11.8 Å². The molecule has 1 amide bonds. The molecule has 0 aliphatic heterocycles. The maximum Gasteiger partial charge on any atom is 0.224 e. The van der Waals surface area contributed by atoms with E-state index in [0.29, 0.717) is 19.1 Å². The lowest BCUT2D eigenvalue weighted by molar-refractivity contribution is -0.117. The van der Waals surface area contributed by atoms with E-state index in [0.717, 1.165) is 5.69 Å². The average molecular weight is 264 g/mol. The number of hydrogen-bond acceptors (Lipinski definition) is 3. The van der Waals surface area contributed by atoms with E-state index in [2.05, 4.69) is 17.6 Å². The molecule has 1 rings (SSSR count). The SMILES string of the molecule is CNC(C)c1ccc(NC(=O)CC(C)COC)cc1. The first-order chi connectivity index (χ1) is 9.06. The van der Waals surface area contributed by atoms with Crippen LogP contribution >= 0.6 is 0 Å². The van der Waals surface area contributed by atoms with Gasteiger partial charge in [0.1, 0.15) is 0 Å². The molecule has 0 radical (unpaired) electrons. The fourth-order valence-electron chi connectivity index (χ4n) is 1.89. The Morgan fingerprint density at radius 3 is 2.42 bits per heavy atom. The maximum absolute atomic E-state index is 11.8. The molecule has 0 fully saturated rings. The van der Waals surface area contributed by atoms with Crippen LogP contribution in [0, 0.1) is 5.92 Å². The Kier molecular flexibility index (Phi) is 6.53. The summed E-state index contributed by atoms with van der Waals surface area (Å²) in [6.45, 7) is 4.70. The van der Waals surface area contributed by atoms with Crippen molar-refractivity contribution in [3.05, 3.63) is 29.8 Å². The van der Waals surface area contributed by atoms with Gasteiger partial charge in [0.05, 0.1) is 0 Å². The second kappa shape index (κ2) is 7.92. The third-order valence-corrected chi connectivity index (χ3v) is 3.11. The lowest BCUT2D eigenvalue weighted by Crippen LogP contribution is -2.17. The van der Waals surface area contributed by atoms with Crippen molar-refractivity contribution in [2.24, 2.45) is 5.92 Å². The van der Waals surface area contributed by atoms with Crippen LogP contribution in [0.1, 0.15) is 31.9 Å². The molecule has 0 aliphatic rings. The Labute approximate surface area is 115 Å². The summed E-state index contributed by atoms with van der Waals surface area (Å²) in [7, 11) is 3.58. The van der Waals surface area contributed by atoms with Gasteiger partial charge in [0, 0.05) is 31.9 Å². The molecule has 0 bridgehead atoms. The highest BCUT2D eigenvalue weighted by Gasteiger charge is 2.09. The lowest BCUT2D eigenvalue weighted by Gasteiger charge is -2.13. The molecule has 1 aromatic rings. The molecule has 4 nitrogen and oxygen atoms in total. The van der Waals surface area contributed by atoms with Gasteiger partial charge in [-0.2, -0.15) is 0 Å². The van der Waals surface area contributed by atoms with Crippen molar-refractivity contribution in [3.8, 4) is 0 Å². The number of nitrogens with one attached hydrogen (secondary N) is 2. The summed E-state index contributed by atoms with van der Waals surface area (Å²) in [5.74, 6) is 0.257. The topological polar surface area (TPSA) is 50.4 Å². The first-order valence-electron chi connectivity index (χ1n) is 6.62. The Hall–Kier alpha value is -1.39. The van der Waals surface area contributed by atoms with Gasteiger partial charge in [-0.3, -0.25) is 4.79 Å². The Balaban J connectivity index is 2.51. The van der Waals surface area contributed by atoms with Crippen LogP contribution in [-0.2, 0) is 9.53 Å². The number of benzene rings is 1. The fourth-order valence-corrected chi connectivity index (χ4v) is 1.89. The first-order valence-corrected chi connectivity index (χ1v) is 6.62. The summed E-state index contributed by atoms with van der Waals surface area (Å²) >= 11 is 0. The largest absolute Gasteiger partial charge is 0.384 e. The molecule has 1 aromatic carbocycles. The predicted octanol–water partition coefficient (Wildman–Crippen LogP) is 2.58. The predicted molar refractivity (Wildman–Crippen MR) is 78.2 cm³/mol. The van der Waals surface area contributed by atoms with Crippen LogP contribution < -0.4 is 10.6 Å². The van der Waals surface area contributed by atoms with E-state index >= 15 is 0 Å². The molecular formula is C15H24N2O2. The van der Waals surface area contributed by atoms with Gasteiger partial charge in [-0.15, -0.1) is 0 Å². The van der Waals surface area contributed by atoms with Crippen molar-refractivity contribution in [3.63, 3.8) is 0 Å². The Morgan fingerprint density at radius 1 is 1.26 bits per heavy atom. The molecule has 0 aliphatic carbocycles. The lowest BCUT2D eigenvalue weighted by atomic mass is 10.1. The summed E-state index contributed by atoms with van der Waals surface area (Å²) in [6, 6.07) is 8.22. The van der Waals surface area contributed by atoms with Gasteiger partial charge < -0.3 is 15.4 Å². The Bertz CT molecular complexity index is 390. The standard InChI is InChI=1S/C15H24N2O2/c1-11(10-19-4)9-15(18)17-14-7-5-13(6-8-14)12(2)16-3/h5-8,11-12,16H,9-10H2,1-4H3,(H,17,18). The van der Waals surface area contributed by atoms with Crippen molar-refractivity contribution in [1.29, 1.82) is 0 Å². The van der Waals surface area contributed by atoms with Crippen molar-refractivity contribution < 1.29 is 9.53 Å². The molecule has 2 unspecified atom stereocenters. The van der Waals surface area contributed by atoms with E-state index in [1.165, 1.54) is 5.56 Å². The second-order valence-corrected chi connectivity index (χ2v) is 4.95. The van der Waals surface area contributed by atoms with Crippen molar-refractivity contribution in [1.82, 2.24) is 5.32 Å². The van der Waals surface area contributed by atoms with Crippen molar-refractivity contribution in [2.75, 3.05) is 26.1 Å². The highest BCUT2D eigenvalue weighted by atomic mass is 16.5. The highest BCUT2D eigenvalue weighted by Crippen LogP contribution is 2.16. The third kappa shape index (κ3) is 5.41. The highest BCUT2D eigenvalue weighted by molar-refractivity contribution is 5.90. The van der Waals surface area contributed by atoms with Crippen molar-refractivity contribution in [2.45, 2.75) is 26.3 Å². The van der Waals surface area contributed by atoms with Crippen LogP contribution in [0.3, 0.4) is 0 Å². The summed E-state index contributed by atoms with van der Waals surface area (Å²) in [6.07, 6.45) is 0.475. The zero-order valence-corrected chi connectivity index (χ0v) is 12.2. The molecule has 0 saturated carbocycles. The minimum atomic E-state index is 0.0268. The number of carbonyl (C=O) groups is 1. The number of methoxy groups -OCH3 is 1. The van der Waals surface area contributed by atoms with E-state index in [9.17, 15) is 4.79 Å². The summed E-state index contributed by atoms with van der Waals surface area (Å²) in [5.41, 5.74) is 2.04. The zero-order valence-electron chi connectivity index (χ0n) is 12.2. The molecule has 19 heavy (non-hydrogen) atoms. The smallest absolute Gasteiger partial charge is 0.224 e. The van der Waals surface area contributed by atoms with Gasteiger partial charge >= 0.3 is 0 Å². The van der Waals surface area contributed by atoms with Crippen LogP contribution in [0.2, 0.25) is 0 Å². The number of hydrogen-bond donors (Lipinski definition) is 2. The molecular weight excluding hydrogens is 240 g/mol. The van der Waals surface area contributed by atoms with Gasteiger partial charge in [0.2, 0.25) is 5.91 Å². The number of anilines is 1. The van der Waals surface area contributed by atoms with Gasteiger partial charge in [0.25, 0.3) is 0 Å². The van der Waals surface area contributed by atoms with Crippen LogP contribution in [-0.4, -0.2) is 26.7 Å². The normalized spacial score (nSPS) is 13.9. The van der Waals surface area contributed by atoms with Crippen LogP contribution in [0.5, 0.6) is 0 Å². The summed E-state index contributed by atoms with van der Waals surface area (Å²) in [4.78, 5) is 11.8. The maximum atomic E-state index is 11.8. The van der Waals surface area contributed by atoms with Gasteiger partial charge in [0.15, 0.2) is 0 Å². The molecule has 2 atom stereocenters. The Morgan fingerprint density at radius 2 is 1.89 bits per heavy atom.